The molecule has 0 spiro atoms. The molecule has 0 aliphatic carbocycles. The highest BCUT2D eigenvalue weighted by molar-refractivity contribution is 5.35. The van der Waals surface area contributed by atoms with E-state index in [0.717, 1.165) is 32.5 Å². The van der Waals surface area contributed by atoms with Gasteiger partial charge in [0, 0.05) is 6.42 Å². The van der Waals surface area contributed by atoms with Crippen LogP contribution in [0, 0.1) is 11.3 Å². The maximum atomic E-state index is 8.88. The van der Waals surface area contributed by atoms with Gasteiger partial charge in [0.25, 0.3) is 0 Å². The molecule has 1 atom stereocenters. The van der Waals surface area contributed by atoms with Crippen molar-refractivity contribution in [2.75, 3.05) is 13.2 Å². The van der Waals surface area contributed by atoms with Gasteiger partial charge in [0.05, 0.1) is 24.8 Å². The van der Waals surface area contributed by atoms with Gasteiger partial charge in [-0.25, -0.2) is 0 Å². The van der Waals surface area contributed by atoms with Crippen LogP contribution in [0.4, 0.5) is 0 Å². The van der Waals surface area contributed by atoms with Crippen molar-refractivity contribution in [3.63, 3.8) is 0 Å². The maximum absolute atomic E-state index is 8.88. The van der Waals surface area contributed by atoms with Crippen LogP contribution in [0.25, 0.3) is 0 Å². The molecule has 1 unspecified atom stereocenters. The Morgan fingerprint density at radius 2 is 1.83 bits per heavy atom. The normalized spacial score (nSPS) is 16.5. The van der Waals surface area contributed by atoms with Crippen LogP contribution < -0.4 is 0 Å². The molecule has 3 rings (SSSR count). The summed E-state index contributed by atoms with van der Waals surface area (Å²) in [6.07, 6.45) is 2.68. The zero-order valence-corrected chi connectivity index (χ0v) is 14.1. The summed E-state index contributed by atoms with van der Waals surface area (Å²) >= 11 is 0. The molecular formula is C21H23NO2. The van der Waals surface area contributed by atoms with Gasteiger partial charge in [0.2, 0.25) is 0 Å². The van der Waals surface area contributed by atoms with Crippen LogP contribution in [0.5, 0.6) is 0 Å². The van der Waals surface area contributed by atoms with Crippen LogP contribution >= 0.6 is 0 Å². The zero-order chi connectivity index (χ0) is 16.8. The molecule has 0 radical (unpaired) electrons. The number of rotatable bonds is 5. The third-order valence-corrected chi connectivity index (χ3v) is 4.45. The smallest absolute Gasteiger partial charge is 0.158 e. The number of ether oxygens (including phenoxy) is 2. The fourth-order valence-corrected chi connectivity index (χ4v) is 3.04. The second-order valence-corrected chi connectivity index (χ2v) is 6.39. The fraction of sp³-hybridized carbons (Fsp3) is 0.381. The molecule has 2 aromatic rings. The summed E-state index contributed by atoms with van der Waals surface area (Å²) in [5, 5.41) is 8.88. The van der Waals surface area contributed by atoms with E-state index in [1.54, 1.807) is 0 Å². The van der Waals surface area contributed by atoms with Crippen LogP contribution in [0.3, 0.4) is 0 Å². The summed E-state index contributed by atoms with van der Waals surface area (Å²) in [7, 11) is 0. The molecule has 0 aromatic heterocycles. The van der Waals surface area contributed by atoms with Crippen molar-refractivity contribution < 1.29 is 9.47 Å². The molecule has 2 aromatic carbocycles. The molecule has 1 aliphatic rings. The van der Waals surface area contributed by atoms with Gasteiger partial charge in [-0.1, -0.05) is 43.3 Å². The predicted molar refractivity (Wildman–Crippen MR) is 93.7 cm³/mol. The first kappa shape index (κ1) is 16.7. The largest absolute Gasteiger partial charge is 0.353 e. The molecule has 3 heteroatoms. The van der Waals surface area contributed by atoms with Crippen LogP contribution in [0.1, 0.15) is 47.9 Å². The van der Waals surface area contributed by atoms with E-state index >= 15 is 0 Å². The monoisotopic (exact) mass is 321 g/mol. The number of hydrogen-bond donors (Lipinski definition) is 0. The summed E-state index contributed by atoms with van der Waals surface area (Å²) < 4.78 is 11.3. The van der Waals surface area contributed by atoms with Gasteiger partial charge < -0.3 is 9.47 Å². The molecule has 1 aliphatic heterocycles. The van der Waals surface area contributed by atoms with E-state index in [-0.39, 0.29) is 6.29 Å². The summed E-state index contributed by atoms with van der Waals surface area (Å²) in [6, 6.07) is 18.7. The Balaban J connectivity index is 1.65. The highest BCUT2D eigenvalue weighted by atomic mass is 16.7. The van der Waals surface area contributed by atoms with Crippen molar-refractivity contribution in [1.82, 2.24) is 0 Å². The number of benzene rings is 2. The van der Waals surface area contributed by atoms with E-state index in [1.807, 2.05) is 24.3 Å². The fourth-order valence-electron chi connectivity index (χ4n) is 3.04. The predicted octanol–water partition coefficient (Wildman–Crippen LogP) is 4.41. The first-order valence-corrected chi connectivity index (χ1v) is 8.55. The molecule has 0 saturated carbocycles. The highest BCUT2D eigenvalue weighted by Crippen LogP contribution is 2.25. The van der Waals surface area contributed by atoms with Crippen molar-refractivity contribution >= 4 is 0 Å². The van der Waals surface area contributed by atoms with E-state index in [4.69, 9.17) is 14.7 Å². The van der Waals surface area contributed by atoms with Gasteiger partial charge in [0.15, 0.2) is 6.29 Å². The molecule has 0 bridgehead atoms. The third-order valence-electron chi connectivity index (χ3n) is 4.45. The van der Waals surface area contributed by atoms with Crippen molar-refractivity contribution in [1.29, 1.82) is 5.26 Å². The lowest BCUT2D eigenvalue weighted by molar-refractivity contribution is -0.182. The molecule has 24 heavy (non-hydrogen) atoms. The number of hydrogen-bond acceptors (Lipinski definition) is 3. The standard InChI is InChI=1S/C21H23NO2/c1-16(12-21-23-10-3-11-24-21)20-5-2-4-19(14-20)13-17-6-8-18(15-22)9-7-17/h2,4-9,14,16,21H,3,10-13H2,1H3. The Kier molecular flexibility index (Phi) is 5.63. The van der Waals surface area contributed by atoms with E-state index in [9.17, 15) is 0 Å². The molecule has 1 saturated heterocycles. The van der Waals surface area contributed by atoms with Gasteiger partial charge in [-0.05, 0) is 47.6 Å². The zero-order valence-electron chi connectivity index (χ0n) is 14.1. The van der Waals surface area contributed by atoms with Crippen molar-refractivity contribution in [3.8, 4) is 6.07 Å². The maximum Gasteiger partial charge on any atom is 0.158 e. The first-order valence-electron chi connectivity index (χ1n) is 8.55. The van der Waals surface area contributed by atoms with Crippen LogP contribution in [0.2, 0.25) is 0 Å². The van der Waals surface area contributed by atoms with Crippen molar-refractivity contribution in [3.05, 3.63) is 70.8 Å². The average Bonchev–Trinajstić information content (AvgIpc) is 2.63. The topological polar surface area (TPSA) is 42.2 Å². The SMILES string of the molecule is CC(CC1OCCCO1)c1cccc(Cc2ccc(C#N)cc2)c1. The summed E-state index contributed by atoms with van der Waals surface area (Å²) in [4.78, 5) is 0. The van der Waals surface area contributed by atoms with Gasteiger partial charge in [-0.2, -0.15) is 5.26 Å². The molecule has 1 fully saturated rings. The minimum atomic E-state index is -0.0732. The Bertz CT molecular complexity index is 697. The van der Waals surface area contributed by atoms with E-state index in [1.165, 1.54) is 16.7 Å². The average molecular weight is 321 g/mol. The third kappa shape index (κ3) is 4.44. The van der Waals surface area contributed by atoms with Gasteiger partial charge in [-0.15, -0.1) is 0 Å². The summed E-state index contributed by atoms with van der Waals surface area (Å²) in [5.41, 5.74) is 4.53. The Labute approximate surface area is 143 Å². The van der Waals surface area contributed by atoms with Crippen LogP contribution in [-0.2, 0) is 15.9 Å². The van der Waals surface area contributed by atoms with E-state index in [0.29, 0.717) is 11.5 Å². The molecule has 0 amide bonds. The van der Waals surface area contributed by atoms with Crippen molar-refractivity contribution in [2.24, 2.45) is 0 Å². The lowest BCUT2D eigenvalue weighted by Gasteiger charge is -2.26. The lowest BCUT2D eigenvalue weighted by Crippen LogP contribution is -2.26. The number of nitriles is 1. The molecular weight excluding hydrogens is 298 g/mol. The summed E-state index contributed by atoms with van der Waals surface area (Å²) in [5.74, 6) is 0.397. The van der Waals surface area contributed by atoms with E-state index < -0.39 is 0 Å². The molecule has 1 heterocycles. The minimum Gasteiger partial charge on any atom is -0.353 e. The first-order chi connectivity index (χ1) is 11.7. The Morgan fingerprint density at radius 3 is 2.54 bits per heavy atom. The second kappa shape index (κ2) is 8.10. The molecule has 0 N–H and O–H groups in total. The lowest BCUT2D eigenvalue weighted by atomic mass is 9.94. The summed E-state index contributed by atoms with van der Waals surface area (Å²) in [6.45, 7) is 3.83. The van der Waals surface area contributed by atoms with Crippen LogP contribution in [-0.4, -0.2) is 19.5 Å². The number of nitrogens with zero attached hydrogens (tertiary/aromatic N) is 1. The second-order valence-electron chi connectivity index (χ2n) is 6.39. The van der Waals surface area contributed by atoms with Gasteiger partial charge >= 0.3 is 0 Å². The van der Waals surface area contributed by atoms with E-state index in [2.05, 4.69) is 37.3 Å². The van der Waals surface area contributed by atoms with Gasteiger partial charge in [-0.3, -0.25) is 0 Å². The van der Waals surface area contributed by atoms with Crippen LogP contribution in [0.15, 0.2) is 48.5 Å². The molecule has 3 nitrogen and oxygen atoms in total. The minimum absolute atomic E-state index is 0.0732. The Morgan fingerprint density at radius 1 is 1.08 bits per heavy atom. The molecule has 124 valence electrons. The van der Waals surface area contributed by atoms with Gasteiger partial charge in [0.1, 0.15) is 0 Å². The Hall–Kier alpha value is -2.15. The highest BCUT2D eigenvalue weighted by Gasteiger charge is 2.18. The quantitative estimate of drug-likeness (QED) is 0.819. The van der Waals surface area contributed by atoms with Crippen molar-refractivity contribution in [2.45, 2.75) is 38.4 Å².